The molecule has 0 saturated heterocycles. The maximum Gasteiger partial charge on any atom is 0.225 e. The van der Waals surface area contributed by atoms with E-state index in [0.29, 0.717) is 0 Å². The first-order valence-electron chi connectivity index (χ1n) is 5.29. The van der Waals surface area contributed by atoms with E-state index in [1.54, 1.807) is 0 Å². The number of aliphatic hydroxyl groups is 3. The fraction of sp³-hybridized carbons (Fsp3) is 0.778. The number of hydrogen-bond acceptors (Lipinski definition) is 7. The standard InChI is InChI=1S/C9H17F2N3O4/c10-3-7(18-5(4-15)8(11)16)14-2-1-6(12)13-9(14)17/h1-2,5-9,13,15-17H,3-4,12H2/t5-,6-,7?,8-,9+/m1/s1. The topological polar surface area (TPSA) is 111 Å². The van der Waals surface area contributed by atoms with Crippen molar-refractivity contribution in [3.05, 3.63) is 12.3 Å². The monoisotopic (exact) mass is 269 g/mol. The molecule has 106 valence electrons. The van der Waals surface area contributed by atoms with Crippen molar-refractivity contribution in [1.29, 1.82) is 0 Å². The van der Waals surface area contributed by atoms with Crippen molar-refractivity contribution in [3.63, 3.8) is 0 Å². The van der Waals surface area contributed by atoms with E-state index in [1.807, 2.05) is 0 Å². The van der Waals surface area contributed by atoms with Gasteiger partial charge in [-0.15, -0.1) is 0 Å². The molecule has 0 aromatic heterocycles. The third-order valence-corrected chi connectivity index (χ3v) is 2.37. The summed E-state index contributed by atoms with van der Waals surface area (Å²) in [7, 11) is 0. The molecule has 9 heteroatoms. The lowest BCUT2D eigenvalue weighted by Gasteiger charge is -2.38. The summed E-state index contributed by atoms with van der Waals surface area (Å²) in [4.78, 5) is 1.01. The third-order valence-electron chi connectivity index (χ3n) is 2.37. The molecule has 1 unspecified atom stereocenters. The van der Waals surface area contributed by atoms with Gasteiger partial charge in [0, 0.05) is 6.20 Å². The van der Waals surface area contributed by atoms with Crippen LogP contribution in [0.3, 0.4) is 0 Å². The fourth-order valence-electron chi connectivity index (χ4n) is 1.42. The molecule has 1 heterocycles. The molecule has 0 aromatic carbocycles. The van der Waals surface area contributed by atoms with Crippen molar-refractivity contribution in [3.8, 4) is 0 Å². The van der Waals surface area contributed by atoms with Crippen LogP contribution in [0.25, 0.3) is 0 Å². The van der Waals surface area contributed by atoms with Crippen LogP contribution >= 0.6 is 0 Å². The molecule has 0 bridgehead atoms. The summed E-state index contributed by atoms with van der Waals surface area (Å²) in [6.45, 7) is -1.91. The quantitative estimate of drug-likeness (QED) is 0.376. The second-order valence-electron chi connectivity index (χ2n) is 3.69. The minimum Gasteiger partial charge on any atom is -0.393 e. The van der Waals surface area contributed by atoms with Gasteiger partial charge in [0.25, 0.3) is 0 Å². The normalized spacial score (nSPS) is 29.1. The Kier molecular flexibility index (Phi) is 5.85. The van der Waals surface area contributed by atoms with Gasteiger partial charge in [0.05, 0.1) is 12.8 Å². The molecule has 0 spiro atoms. The van der Waals surface area contributed by atoms with Crippen LogP contribution < -0.4 is 11.1 Å². The zero-order valence-corrected chi connectivity index (χ0v) is 9.49. The lowest BCUT2D eigenvalue weighted by atomic mass is 10.3. The molecule has 0 saturated carbocycles. The summed E-state index contributed by atoms with van der Waals surface area (Å²) in [5, 5.41) is 29.5. The predicted octanol–water partition coefficient (Wildman–Crippen LogP) is -2.07. The molecule has 0 amide bonds. The van der Waals surface area contributed by atoms with Gasteiger partial charge < -0.3 is 30.7 Å². The molecule has 5 atom stereocenters. The Morgan fingerprint density at radius 2 is 2.22 bits per heavy atom. The van der Waals surface area contributed by atoms with Crippen molar-refractivity contribution in [2.75, 3.05) is 13.3 Å². The molecule has 0 fully saturated rings. The van der Waals surface area contributed by atoms with E-state index < -0.39 is 44.5 Å². The first kappa shape index (κ1) is 15.2. The van der Waals surface area contributed by atoms with Crippen LogP contribution in [-0.2, 0) is 4.74 Å². The number of alkyl halides is 2. The molecule has 1 rings (SSSR count). The van der Waals surface area contributed by atoms with Crippen LogP contribution in [0.5, 0.6) is 0 Å². The number of ether oxygens (including phenoxy) is 1. The average molecular weight is 269 g/mol. The molecule has 1 aliphatic rings. The van der Waals surface area contributed by atoms with Crippen molar-refractivity contribution >= 4 is 0 Å². The van der Waals surface area contributed by atoms with E-state index in [0.717, 1.165) is 4.90 Å². The zero-order valence-electron chi connectivity index (χ0n) is 9.49. The fourth-order valence-corrected chi connectivity index (χ4v) is 1.42. The summed E-state index contributed by atoms with van der Waals surface area (Å²) >= 11 is 0. The summed E-state index contributed by atoms with van der Waals surface area (Å²) < 4.78 is 30.3. The third kappa shape index (κ3) is 3.83. The predicted molar refractivity (Wildman–Crippen MR) is 56.9 cm³/mol. The van der Waals surface area contributed by atoms with Gasteiger partial charge in [-0.1, -0.05) is 0 Å². The van der Waals surface area contributed by atoms with E-state index in [4.69, 9.17) is 20.7 Å². The van der Waals surface area contributed by atoms with Crippen molar-refractivity contribution < 1.29 is 28.8 Å². The number of aliphatic hydroxyl groups excluding tert-OH is 3. The van der Waals surface area contributed by atoms with Crippen LogP contribution in [0.1, 0.15) is 0 Å². The first-order valence-corrected chi connectivity index (χ1v) is 5.29. The molecule has 0 aliphatic carbocycles. The Hall–Kier alpha value is -0.840. The van der Waals surface area contributed by atoms with Crippen LogP contribution in [-0.4, -0.2) is 64.7 Å². The van der Waals surface area contributed by atoms with E-state index >= 15 is 0 Å². The van der Waals surface area contributed by atoms with Gasteiger partial charge in [-0.05, 0) is 6.08 Å². The van der Waals surface area contributed by atoms with Crippen molar-refractivity contribution in [2.45, 2.75) is 31.2 Å². The molecule has 0 aromatic rings. The molecule has 18 heavy (non-hydrogen) atoms. The SMILES string of the molecule is N[C@H]1C=CN(C(CF)O[C@H](CO)[C@@H](O)F)[C@@H](O)N1. The van der Waals surface area contributed by atoms with E-state index in [9.17, 15) is 13.9 Å². The van der Waals surface area contributed by atoms with Gasteiger partial charge in [-0.25, -0.2) is 8.78 Å². The van der Waals surface area contributed by atoms with Crippen LogP contribution in [0.2, 0.25) is 0 Å². The largest absolute Gasteiger partial charge is 0.393 e. The Labute approximate surface area is 102 Å². The molecular weight excluding hydrogens is 252 g/mol. The number of rotatable bonds is 6. The number of nitrogens with two attached hydrogens (primary N) is 1. The molecule has 1 aliphatic heterocycles. The Morgan fingerprint density at radius 3 is 2.67 bits per heavy atom. The number of nitrogens with zero attached hydrogens (tertiary/aromatic N) is 1. The van der Waals surface area contributed by atoms with Crippen molar-refractivity contribution in [2.24, 2.45) is 5.73 Å². The molecule has 6 N–H and O–H groups in total. The second kappa shape index (κ2) is 6.92. The van der Waals surface area contributed by atoms with E-state index in [2.05, 4.69) is 5.32 Å². The lowest BCUT2D eigenvalue weighted by molar-refractivity contribution is -0.200. The van der Waals surface area contributed by atoms with Gasteiger partial charge in [-0.3, -0.25) is 5.32 Å². The minimum atomic E-state index is -2.45. The van der Waals surface area contributed by atoms with Crippen LogP contribution in [0.15, 0.2) is 12.3 Å². The van der Waals surface area contributed by atoms with Gasteiger partial charge >= 0.3 is 0 Å². The number of nitrogens with one attached hydrogen (secondary N) is 1. The maximum atomic E-state index is 12.8. The highest BCUT2D eigenvalue weighted by Crippen LogP contribution is 2.14. The summed E-state index contributed by atoms with van der Waals surface area (Å²) in [5.74, 6) is 0. The Morgan fingerprint density at radius 1 is 1.56 bits per heavy atom. The number of halogens is 2. The minimum absolute atomic E-state index is 0.600. The number of hydrogen-bond donors (Lipinski definition) is 5. The van der Waals surface area contributed by atoms with Gasteiger partial charge in [-0.2, -0.15) is 0 Å². The van der Waals surface area contributed by atoms with Gasteiger partial charge in [0.2, 0.25) is 6.36 Å². The maximum absolute atomic E-state index is 12.8. The van der Waals surface area contributed by atoms with E-state index in [-0.39, 0.29) is 0 Å². The molecule has 7 nitrogen and oxygen atoms in total. The molecular formula is C9H17F2N3O4. The summed E-state index contributed by atoms with van der Waals surface area (Å²) in [6, 6.07) is 0. The second-order valence-corrected chi connectivity index (χ2v) is 3.69. The Bertz CT molecular complexity index is 283. The smallest absolute Gasteiger partial charge is 0.225 e. The van der Waals surface area contributed by atoms with Crippen LogP contribution in [0, 0.1) is 0 Å². The first-order chi connectivity index (χ1) is 8.49. The highest BCUT2D eigenvalue weighted by Gasteiger charge is 2.30. The summed E-state index contributed by atoms with van der Waals surface area (Å²) in [5.41, 5.74) is 5.45. The summed E-state index contributed by atoms with van der Waals surface area (Å²) in [6.07, 6.45) is -4.61. The Balaban J connectivity index is 2.68. The van der Waals surface area contributed by atoms with Crippen molar-refractivity contribution in [1.82, 2.24) is 10.2 Å². The van der Waals surface area contributed by atoms with Crippen LogP contribution in [0.4, 0.5) is 8.78 Å². The lowest BCUT2D eigenvalue weighted by Crippen LogP contribution is -2.58. The zero-order chi connectivity index (χ0) is 13.7. The van der Waals surface area contributed by atoms with Gasteiger partial charge in [0.15, 0.2) is 12.6 Å². The average Bonchev–Trinajstić information content (AvgIpc) is 2.31. The van der Waals surface area contributed by atoms with E-state index in [1.165, 1.54) is 12.3 Å². The highest BCUT2D eigenvalue weighted by molar-refractivity contribution is 4.96. The van der Waals surface area contributed by atoms with Gasteiger partial charge in [0.1, 0.15) is 12.8 Å². The highest BCUT2D eigenvalue weighted by atomic mass is 19.1. The molecule has 0 radical (unpaired) electrons.